The first kappa shape index (κ1) is 51.6. The predicted molar refractivity (Wildman–Crippen MR) is 233 cm³/mol. The molecule has 1 heterocycles. The molecule has 5 amide bonds. The average Bonchev–Trinajstić information content (AvgIpc) is 3.68. The number of ether oxygens (including phenoxy) is 2. The highest BCUT2D eigenvalue weighted by atomic mass is 16.5. The Bertz CT molecular complexity index is 1460. The zero-order valence-electron chi connectivity index (χ0n) is 38.7. The van der Waals surface area contributed by atoms with Gasteiger partial charge in [-0.25, -0.2) is 0 Å². The van der Waals surface area contributed by atoms with Gasteiger partial charge in [0.25, 0.3) is 0 Å². The lowest BCUT2D eigenvalue weighted by Crippen LogP contribution is -2.60. The van der Waals surface area contributed by atoms with Gasteiger partial charge in [-0.1, -0.05) is 92.1 Å². The number of amides is 5. The normalized spacial score (nSPS) is 18.5. The number of hydrogen-bond donors (Lipinski definition) is 3. The fourth-order valence-electron chi connectivity index (χ4n) is 8.37. The molecular formula is C45H79N7O7. The maximum atomic E-state index is 14.4. The highest BCUT2D eigenvalue weighted by Crippen LogP contribution is 2.30. The molecule has 0 aromatic heterocycles. The molecule has 1 fully saturated rings. The molecule has 0 radical (unpaired) electrons. The maximum Gasteiger partial charge on any atom is 0.245 e. The summed E-state index contributed by atoms with van der Waals surface area (Å²) in [6.45, 7) is 18.0. The molecule has 2 rings (SSSR count). The van der Waals surface area contributed by atoms with Crippen molar-refractivity contribution in [2.45, 2.75) is 130 Å². The summed E-state index contributed by atoms with van der Waals surface area (Å²) in [5.41, 5.74) is 0.920. The molecule has 1 aromatic carbocycles. The van der Waals surface area contributed by atoms with Crippen molar-refractivity contribution in [1.82, 2.24) is 35.6 Å². The molecule has 0 bridgehead atoms. The maximum absolute atomic E-state index is 14.4. The monoisotopic (exact) mass is 830 g/mol. The van der Waals surface area contributed by atoms with Crippen molar-refractivity contribution in [2.24, 2.45) is 23.7 Å². The minimum absolute atomic E-state index is 0.0122. The van der Waals surface area contributed by atoms with E-state index in [4.69, 9.17) is 9.47 Å². The number of benzene rings is 1. The Labute approximate surface area is 355 Å². The molecule has 59 heavy (non-hydrogen) atoms. The molecule has 1 aliphatic rings. The number of likely N-dealkylation sites (tertiary alicyclic amines) is 1. The summed E-state index contributed by atoms with van der Waals surface area (Å²) in [6, 6.07) is 6.76. The lowest BCUT2D eigenvalue weighted by molar-refractivity contribution is -0.148. The van der Waals surface area contributed by atoms with Crippen LogP contribution in [0, 0.1) is 23.7 Å². The van der Waals surface area contributed by atoms with Gasteiger partial charge in [0.2, 0.25) is 29.5 Å². The predicted octanol–water partition coefficient (Wildman–Crippen LogP) is 3.43. The molecule has 1 saturated heterocycles. The summed E-state index contributed by atoms with van der Waals surface area (Å²) in [5.74, 6) is -2.03. The van der Waals surface area contributed by atoms with E-state index in [1.54, 1.807) is 38.0 Å². The summed E-state index contributed by atoms with van der Waals surface area (Å²) in [7, 11) is 10.6. The fourth-order valence-corrected chi connectivity index (χ4v) is 8.37. The number of nitrogens with zero attached hydrogens (tertiary/aromatic N) is 4. The lowest BCUT2D eigenvalue weighted by Gasteiger charge is -2.41. The molecule has 1 aromatic rings. The van der Waals surface area contributed by atoms with Gasteiger partial charge in [-0.05, 0) is 63.8 Å². The van der Waals surface area contributed by atoms with Crippen LogP contribution in [0.1, 0.15) is 86.6 Å². The SMILES string of the molecule is CCC(C)C(C(CC(=O)N1CCCC1C(OC)C(C)C(=O)NC(Cc1ccccc1)C(=O)NCCN(C)C)OC)N(C)C(=O)[C@@H](NC(=O)C(C(C)C)N(C)CC)C(C)C. The summed E-state index contributed by atoms with van der Waals surface area (Å²) in [5, 5.41) is 9.03. The topological polar surface area (TPSA) is 153 Å². The molecular weight excluding hydrogens is 751 g/mol. The number of carbonyl (C=O) groups excluding carboxylic acids is 5. The van der Waals surface area contributed by atoms with Crippen molar-refractivity contribution in [3.8, 4) is 0 Å². The third kappa shape index (κ3) is 14.8. The van der Waals surface area contributed by atoms with E-state index in [1.165, 1.54) is 0 Å². The van der Waals surface area contributed by atoms with Crippen molar-refractivity contribution in [3.05, 3.63) is 35.9 Å². The van der Waals surface area contributed by atoms with Gasteiger partial charge in [0.15, 0.2) is 0 Å². The highest BCUT2D eigenvalue weighted by molar-refractivity contribution is 5.90. The molecule has 0 aliphatic carbocycles. The number of methoxy groups -OCH3 is 2. The van der Waals surface area contributed by atoms with Crippen molar-refractivity contribution in [3.63, 3.8) is 0 Å². The second-order valence-corrected chi connectivity index (χ2v) is 17.4. The highest BCUT2D eigenvalue weighted by Gasteiger charge is 2.43. The minimum atomic E-state index is -0.800. The molecule has 14 nitrogen and oxygen atoms in total. The summed E-state index contributed by atoms with van der Waals surface area (Å²) in [4.78, 5) is 77.1. The van der Waals surface area contributed by atoms with Crippen LogP contribution in [0.2, 0.25) is 0 Å². The van der Waals surface area contributed by atoms with Gasteiger partial charge in [0.1, 0.15) is 12.1 Å². The van der Waals surface area contributed by atoms with E-state index in [0.717, 1.165) is 18.4 Å². The summed E-state index contributed by atoms with van der Waals surface area (Å²) in [6.07, 6.45) is 1.17. The number of carbonyl (C=O) groups is 5. The molecule has 14 heteroatoms. The second-order valence-electron chi connectivity index (χ2n) is 17.4. The molecule has 9 atom stereocenters. The third-order valence-corrected chi connectivity index (χ3v) is 12.1. The Morgan fingerprint density at radius 2 is 1.49 bits per heavy atom. The summed E-state index contributed by atoms with van der Waals surface area (Å²) >= 11 is 0. The van der Waals surface area contributed by atoms with Crippen LogP contribution < -0.4 is 16.0 Å². The van der Waals surface area contributed by atoms with E-state index in [-0.39, 0.29) is 65.8 Å². The number of rotatable bonds is 25. The number of hydrogen-bond acceptors (Lipinski definition) is 9. The molecule has 336 valence electrons. The van der Waals surface area contributed by atoms with E-state index >= 15 is 0 Å². The third-order valence-electron chi connectivity index (χ3n) is 12.1. The lowest BCUT2D eigenvalue weighted by atomic mass is 9.89. The number of nitrogens with one attached hydrogen (secondary N) is 3. The van der Waals surface area contributed by atoms with Gasteiger partial charge >= 0.3 is 0 Å². The van der Waals surface area contributed by atoms with E-state index in [9.17, 15) is 24.0 Å². The van der Waals surface area contributed by atoms with Crippen LogP contribution in [0.15, 0.2) is 30.3 Å². The van der Waals surface area contributed by atoms with Gasteiger partial charge in [-0.3, -0.25) is 28.9 Å². The minimum Gasteiger partial charge on any atom is -0.379 e. The van der Waals surface area contributed by atoms with E-state index in [1.807, 2.05) is 110 Å². The van der Waals surface area contributed by atoms with Crippen LogP contribution in [0.25, 0.3) is 0 Å². The number of likely N-dealkylation sites (N-methyl/N-ethyl adjacent to an activating group) is 3. The van der Waals surface area contributed by atoms with Crippen LogP contribution in [0.4, 0.5) is 0 Å². The van der Waals surface area contributed by atoms with Gasteiger partial charge < -0.3 is 40.1 Å². The van der Waals surface area contributed by atoms with Gasteiger partial charge in [0.05, 0.1) is 42.7 Å². The second kappa shape index (κ2) is 25.2. The van der Waals surface area contributed by atoms with Crippen molar-refractivity contribution in [2.75, 3.05) is 68.6 Å². The fraction of sp³-hybridized carbons (Fsp3) is 0.756. The van der Waals surface area contributed by atoms with Crippen molar-refractivity contribution < 1.29 is 33.4 Å². The van der Waals surface area contributed by atoms with Crippen LogP contribution in [0.3, 0.4) is 0 Å². The van der Waals surface area contributed by atoms with Crippen LogP contribution >= 0.6 is 0 Å². The van der Waals surface area contributed by atoms with E-state index in [2.05, 4.69) is 16.0 Å². The Hall–Kier alpha value is -3.59. The van der Waals surface area contributed by atoms with Crippen LogP contribution in [-0.2, 0) is 39.9 Å². The zero-order valence-corrected chi connectivity index (χ0v) is 38.7. The van der Waals surface area contributed by atoms with Crippen LogP contribution in [-0.4, -0.2) is 160 Å². The first-order chi connectivity index (χ1) is 27.8. The standard InChI is InChI=1S/C45H79N7O7/c1-15-31(7)40(51(12)45(57)38(29(3)4)48-44(56)39(30(5)6)50(11)16-2)36(58-13)28-37(53)52-25-20-23-35(52)41(59-14)32(8)42(54)47-34(27-33-21-18-17-19-22-33)43(55)46-24-26-49(9)10/h17-19,21-22,29-32,34-36,38-41H,15-16,20,23-28H2,1-14H3,(H,46,55)(H,47,54)(H,48,56)/t31?,32?,34?,35?,36?,38-,39?,40?,41?/m0/s1. The van der Waals surface area contributed by atoms with Gasteiger partial charge in [-0.15, -0.1) is 0 Å². The average molecular weight is 830 g/mol. The largest absolute Gasteiger partial charge is 0.379 e. The van der Waals surface area contributed by atoms with Crippen molar-refractivity contribution in [1.29, 1.82) is 0 Å². The van der Waals surface area contributed by atoms with E-state index < -0.39 is 36.3 Å². The Morgan fingerprint density at radius 1 is 0.847 bits per heavy atom. The molecule has 8 unspecified atom stereocenters. The Balaban J connectivity index is 2.30. The molecule has 1 aliphatic heterocycles. The Morgan fingerprint density at radius 3 is 2.02 bits per heavy atom. The molecule has 3 N–H and O–H groups in total. The summed E-state index contributed by atoms with van der Waals surface area (Å²) < 4.78 is 12.1. The van der Waals surface area contributed by atoms with Gasteiger partial charge in [-0.2, -0.15) is 0 Å². The molecule has 0 spiro atoms. The molecule has 0 saturated carbocycles. The van der Waals surface area contributed by atoms with E-state index in [0.29, 0.717) is 39.0 Å². The quantitative estimate of drug-likeness (QED) is 0.135. The first-order valence-electron chi connectivity index (χ1n) is 21.7. The Kier molecular flexibility index (Phi) is 22.1. The van der Waals surface area contributed by atoms with Crippen molar-refractivity contribution >= 4 is 29.5 Å². The van der Waals surface area contributed by atoms with Gasteiger partial charge in [0, 0.05) is 47.3 Å². The smallest absolute Gasteiger partial charge is 0.245 e. The zero-order chi connectivity index (χ0) is 44.6. The van der Waals surface area contributed by atoms with Crippen LogP contribution in [0.5, 0.6) is 0 Å². The first-order valence-corrected chi connectivity index (χ1v) is 21.7.